The first-order valence-corrected chi connectivity index (χ1v) is 8.79. The number of carbonyl (C=O) groups is 1. The summed E-state index contributed by atoms with van der Waals surface area (Å²) in [5.74, 6) is 0.452. The van der Waals surface area contributed by atoms with Gasteiger partial charge in [-0.1, -0.05) is 29.8 Å². The Bertz CT molecular complexity index is 653. The normalized spacial score (nSPS) is 17.7. The van der Waals surface area contributed by atoms with Crippen LogP contribution in [0.15, 0.2) is 42.7 Å². The van der Waals surface area contributed by atoms with Crippen molar-refractivity contribution in [2.24, 2.45) is 0 Å². The van der Waals surface area contributed by atoms with E-state index in [4.69, 9.17) is 0 Å². The Labute approximate surface area is 143 Å². The van der Waals surface area contributed by atoms with Gasteiger partial charge in [0.25, 0.3) is 0 Å². The summed E-state index contributed by atoms with van der Waals surface area (Å²) in [5.41, 5.74) is 2.64. The van der Waals surface area contributed by atoms with Gasteiger partial charge in [-0.2, -0.15) is 5.10 Å². The summed E-state index contributed by atoms with van der Waals surface area (Å²) < 4.78 is 1.89. The number of aromatic nitrogens is 2. The summed E-state index contributed by atoms with van der Waals surface area (Å²) in [4.78, 5) is 14.4. The molecule has 2 amide bonds. The molecule has 2 heterocycles. The Kier molecular flexibility index (Phi) is 5.51. The summed E-state index contributed by atoms with van der Waals surface area (Å²) in [6, 6.07) is 10.6. The third-order valence-corrected chi connectivity index (χ3v) is 4.62. The zero-order valence-electron chi connectivity index (χ0n) is 14.3. The lowest BCUT2D eigenvalue weighted by molar-refractivity contribution is 0.179. The lowest BCUT2D eigenvalue weighted by Gasteiger charge is -2.33. The van der Waals surface area contributed by atoms with Crippen molar-refractivity contribution in [3.05, 3.63) is 53.9 Å². The van der Waals surface area contributed by atoms with Crippen molar-refractivity contribution in [3.63, 3.8) is 0 Å². The number of hydrogen-bond donors (Lipinski definition) is 1. The summed E-state index contributed by atoms with van der Waals surface area (Å²) in [6.45, 7) is 5.31. The number of benzene rings is 1. The number of likely N-dealkylation sites (tertiary alicyclic amines) is 1. The molecule has 5 heteroatoms. The number of carbonyl (C=O) groups excluding carboxylic acids is 1. The molecule has 24 heavy (non-hydrogen) atoms. The molecule has 5 nitrogen and oxygen atoms in total. The van der Waals surface area contributed by atoms with Crippen molar-refractivity contribution >= 4 is 6.03 Å². The van der Waals surface area contributed by atoms with Crippen LogP contribution in [0.3, 0.4) is 0 Å². The minimum atomic E-state index is 0.0628. The second kappa shape index (κ2) is 7.99. The molecular formula is C19H26N4O. The first-order valence-electron chi connectivity index (χ1n) is 8.79. The smallest absolute Gasteiger partial charge is 0.317 e. The zero-order chi connectivity index (χ0) is 16.8. The van der Waals surface area contributed by atoms with E-state index in [0.717, 1.165) is 38.9 Å². The summed E-state index contributed by atoms with van der Waals surface area (Å²) in [7, 11) is 0. The molecule has 1 N–H and O–H groups in total. The Hall–Kier alpha value is -2.30. The SMILES string of the molecule is Cc1cccc([C@@H]2CCCN(C(=O)NCCCn3cccn3)C2)c1. The lowest BCUT2D eigenvalue weighted by Crippen LogP contribution is -2.45. The maximum absolute atomic E-state index is 12.4. The van der Waals surface area contributed by atoms with Gasteiger partial charge in [0.2, 0.25) is 0 Å². The van der Waals surface area contributed by atoms with Crippen molar-refractivity contribution in [2.75, 3.05) is 19.6 Å². The van der Waals surface area contributed by atoms with Gasteiger partial charge in [0.1, 0.15) is 0 Å². The standard InChI is InChI=1S/C19H26N4O/c1-16-6-2-7-17(14-16)18-8-3-11-22(15-18)19(24)20-9-4-12-23-13-5-10-21-23/h2,5-7,10,13-14,18H,3-4,8-9,11-12,15H2,1H3,(H,20,24)/t18-/m1/s1. The Balaban J connectivity index is 1.46. The largest absolute Gasteiger partial charge is 0.338 e. The van der Waals surface area contributed by atoms with Crippen LogP contribution >= 0.6 is 0 Å². The highest BCUT2D eigenvalue weighted by atomic mass is 16.2. The van der Waals surface area contributed by atoms with E-state index >= 15 is 0 Å². The summed E-state index contributed by atoms with van der Waals surface area (Å²) in [6.07, 6.45) is 6.84. The molecule has 1 aromatic heterocycles. The molecule has 1 saturated heterocycles. The van der Waals surface area contributed by atoms with Crippen LogP contribution in [0.2, 0.25) is 0 Å². The minimum Gasteiger partial charge on any atom is -0.338 e. The van der Waals surface area contributed by atoms with Crippen molar-refractivity contribution < 1.29 is 4.79 Å². The first-order chi connectivity index (χ1) is 11.7. The highest BCUT2D eigenvalue weighted by Crippen LogP contribution is 2.27. The van der Waals surface area contributed by atoms with Gasteiger partial charge in [-0.25, -0.2) is 4.79 Å². The van der Waals surface area contributed by atoms with Crippen molar-refractivity contribution in [1.82, 2.24) is 20.0 Å². The third kappa shape index (κ3) is 4.37. The average Bonchev–Trinajstić information content (AvgIpc) is 3.12. The monoisotopic (exact) mass is 326 g/mol. The highest BCUT2D eigenvalue weighted by Gasteiger charge is 2.24. The Morgan fingerprint density at radius 3 is 3.08 bits per heavy atom. The molecule has 0 saturated carbocycles. The molecule has 3 rings (SSSR count). The number of amides is 2. The topological polar surface area (TPSA) is 50.2 Å². The van der Waals surface area contributed by atoms with E-state index < -0.39 is 0 Å². The van der Waals surface area contributed by atoms with Gasteiger partial charge in [0.05, 0.1) is 0 Å². The molecule has 1 aromatic carbocycles. The van der Waals surface area contributed by atoms with Crippen molar-refractivity contribution in [2.45, 2.75) is 38.6 Å². The molecule has 0 bridgehead atoms. The summed E-state index contributed by atoms with van der Waals surface area (Å²) >= 11 is 0. The van der Waals surface area contributed by atoms with Crippen LogP contribution < -0.4 is 5.32 Å². The van der Waals surface area contributed by atoms with Gasteiger partial charge >= 0.3 is 6.03 Å². The quantitative estimate of drug-likeness (QED) is 0.858. The van der Waals surface area contributed by atoms with E-state index in [-0.39, 0.29) is 6.03 Å². The van der Waals surface area contributed by atoms with Crippen LogP contribution in [0.4, 0.5) is 4.79 Å². The fourth-order valence-corrected chi connectivity index (χ4v) is 3.34. The number of urea groups is 1. The van der Waals surface area contributed by atoms with Gasteiger partial charge < -0.3 is 10.2 Å². The number of hydrogen-bond acceptors (Lipinski definition) is 2. The zero-order valence-corrected chi connectivity index (χ0v) is 14.3. The molecule has 2 aromatic rings. The third-order valence-electron chi connectivity index (χ3n) is 4.62. The fraction of sp³-hybridized carbons (Fsp3) is 0.474. The molecule has 1 aliphatic rings. The number of nitrogens with one attached hydrogen (secondary N) is 1. The molecular weight excluding hydrogens is 300 g/mol. The minimum absolute atomic E-state index is 0.0628. The molecule has 0 radical (unpaired) electrons. The molecule has 0 unspecified atom stereocenters. The lowest BCUT2D eigenvalue weighted by atomic mass is 9.90. The predicted octanol–water partition coefficient (Wildman–Crippen LogP) is 3.17. The maximum Gasteiger partial charge on any atom is 0.317 e. The summed E-state index contributed by atoms with van der Waals surface area (Å²) in [5, 5.41) is 7.21. The first kappa shape index (κ1) is 16.6. The van der Waals surface area contributed by atoms with E-state index in [1.807, 2.05) is 21.8 Å². The van der Waals surface area contributed by atoms with E-state index in [2.05, 4.69) is 41.6 Å². The molecule has 128 valence electrons. The van der Waals surface area contributed by atoms with Crippen LogP contribution in [0.1, 0.15) is 36.3 Å². The second-order valence-electron chi connectivity index (χ2n) is 6.55. The molecule has 0 spiro atoms. The van der Waals surface area contributed by atoms with E-state index in [0.29, 0.717) is 12.5 Å². The van der Waals surface area contributed by atoms with E-state index in [9.17, 15) is 4.79 Å². The predicted molar refractivity (Wildman–Crippen MR) is 95.0 cm³/mol. The van der Waals surface area contributed by atoms with Crippen LogP contribution in [-0.4, -0.2) is 40.3 Å². The van der Waals surface area contributed by atoms with Crippen LogP contribution in [0, 0.1) is 6.92 Å². The Morgan fingerprint density at radius 2 is 2.29 bits per heavy atom. The van der Waals surface area contributed by atoms with Gasteiger partial charge in [-0.3, -0.25) is 4.68 Å². The number of piperidine rings is 1. The number of aryl methyl sites for hydroxylation is 2. The van der Waals surface area contributed by atoms with Crippen LogP contribution in [0.25, 0.3) is 0 Å². The highest BCUT2D eigenvalue weighted by molar-refractivity contribution is 5.74. The van der Waals surface area contributed by atoms with E-state index in [1.54, 1.807) is 6.20 Å². The van der Waals surface area contributed by atoms with Crippen LogP contribution in [-0.2, 0) is 6.54 Å². The number of rotatable bonds is 5. The molecule has 0 aliphatic carbocycles. The fourth-order valence-electron chi connectivity index (χ4n) is 3.34. The van der Waals surface area contributed by atoms with Gasteiger partial charge in [-0.05, 0) is 37.8 Å². The second-order valence-corrected chi connectivity index (χ2v) is 6.55. The molecule has 1 fully saturated rings. The Morgan fingerprint density at radius 1 is 1.38 bits per heavy atom. The molecule has 1 atom stereocenters. The van der Waals surface area contributed by atoms with E-state index in [1.165, 1.54) is 11.1 Å². The van der Waals surface area contributed by atoms with Crippen LogP contribution in [0.5, 0.6) is 0 Å². The van der Waals surface area contributed by atoms with Crippen molar-refractivity contribution in [1.29, 1.82) is 0 Å². The molecule has 1 aliphatic heterocycles. The number of nitrogens with zero attached hydrogens (tertiary/aromatic N) is 3. The van der Waals surface area contributed by atoms with Gasteiger partial charge in [0, 0.05) is 44.5 Å². The maximum atomic E-state index is 12.4. The van der Waals surface area contributed by atoms with Gasteiger partial charge in [0.15, 0.2) is 0 Å². The van der Waals surface area contributed by atoms with Crippen molar-refractivity contribution in [3.8, 4) is 0 Å². The average molecular weight is 326 g/mol. The van der Waals surface area contributed by atoms with Gasteiger partial charge in [-0.15, -0.1) is 0 Å².